The topological polar surface area (TPSA) is 3.24 Å². The lowest BCUT2D eigenvalue weighted by atomic mass is 9.95. The van der Waals surface area contributed by atoms with Gasteiger partial charge < -0.3 is 4.90 Å². The molecule has 258 valence electrons. The van der Waals surface area contributed by atoms with E-state index >= 15 is 0 Å². The predicted octanol–water partition coefficient (Wildman–Crippen LogP) is 15.3. The summed E-state index contributed by atoms with van der Waals surface area (Å²) in [5.74, 6) is 0. The van der Waals surface area contributed by atoms with Crippen LogP contribution in [0.5, 0.6) is 0 Å². The zero-order valence-corrected chi connectivity index (χ0v) is 30.3. The molecule has 0 saturated heterocycles. The van der Waals surface area contributed by atoms with Crippen LogP contribution in [0.1, 0.15) is 0 Å². The fourth-order valence-corrected chi connectivity index (χ4v) is 8.02. The highest BCUT2D eigenvalue weighted by atomic mass is 15.1. The molecule has 0 aliphatic rings. The van der Waals surface area contributed by atoms with Crippen LogP contribution in [-0.4, -0.2) is 0 Å². The molecule has 1 heteroatoms. The largest absolute Gasteiger partial charge is 0.311 e. The Kier molecular flexibility index (Phi) is 8.24. The van der Waals surface area contributed by atoms with Crippen molar-refractivity contribution in [3.63, 3.8) is 0 Å². The number of benzene rings is 10. The van der Waals surface area contributed by atoms with Gasteiger partial charge in [-0.3, -0.25) is 0 Å². The Bertz CT molecular complexity index is 2940. The van der Waals surface area contributed by atoms with E-state index in [1.54, 1.807) is 0 Å². The van der Waals surface area contributed by atoms with Crippen molar-refractivity contribution in [2.75, 3.05) is 4.90 Å². The third-order valence-electron chi connectivity index (χ3n) is 10.9. The van der Waals surface area contributed by atoms with Crippen LogP contribution in [0, 0.1) is 0 Å². The highest BCUT2D eigenvalue weighted by Gasteiger charge is 2.15. The molecule has 0 aliphatic heterocycles. The third-order valence-corrected chi connectivity index (χ3v) is 10.9. The van der Waals surface area contributed by atoms with Gasteiger partial charge >= 0.3 is 0 Å². The number of rotatable bonds is 7. The maximum Gasteiger partial charge on any atom is 0.0462 e. The molecule has 10 aromatic carbocycles. The van der Waals surface area contributed by atoms with E-state index in [1.807, 2.05) is 0 Å². The van der Waals surface area contributed by atoms with Gasteiger partial charge in [0.2, 0.25) is 0 Å². The van der Waals surface area contributed by atoms with E-state index in [1.165, 1.54) is 76.8 Å². The molecule has 0 unspecified atom stereocenters. The normalized spacial score (nSPS) is 11.3. The quantitative estimate of drug-likeness (QED) is 0.150. The van der Waals surface area contributed by atoms with Gasteiger partial charge in [-0.15, -0.1) is 0 Å². The number of hydrogen-bond donors (Lipinski definition) is 0. The highest BCUT2D eigenvalue weighted by Crippen LogP contribution is 2.39. The third kappa shape index (κ3) is 6.22. The van der Waals surface area contributed by atoms with Crippen LogP contribution in [0.25, 0.3) is 76.8 Å². The number of fused-ring (bicyclic) bond motifs is 4. The van der Waals surface area contributed by atoms with Gasteiger partial charge in [0, 0.05) is 17.1 Å². The molecule has 0 aromatic heterocycles. The van der Waals surface area contributed by atoms with Crippen molar-refractivity contribution in [2.45, 2.75) is 0 Å². The van der Waals surface area contributed by atoms with Crippen molar-refractivity contribution < 1.29 is 0 Å². The van der Waals surface area contributed by atoms with Gasteiger partial charge in [0.05, 0.1) is 0 Å². The molecular formula is C54H37N. The van der Waals surface area contributed by atoms with Gasteiger partial charge in [-0.25, -0.2) is 0 Å². The summed E-state index contributed by atoms with van der Waals surface area (Å²) in [6.45, 7) is 0. The summed E-state index contributed by atoms with van der Waals surface area (Å²) in [7, 11) is 0. The summed E-state index contributed by atoms with van der Waals surface area (Å²) in [5.41, 5.74) is 13.0. The van der Waals surface area contributed by atoms with E-state index in [4.69, 9.17) is 0 Å². The first kappa shape index (κ1) is 32.4. The molecule has 10 aromatic rings. The van der Waals surface area contributed by atoms with Gasteiger partial charge in [-0.1, -0.05) is 176 Å². The smallest absolute Gasteiger partial charge is 0.0462 e. The van der Waals surface area contributed by atoms with Crippen LogP contribution in [0.3, 0.4) is 0 Å². The van der Waals surface area contributed by atoms with E-state index in [9.17, 15) is 0 Å². The minimum Gasteiger partial charge on any atom is -0.311 e. The van der Waals surface area contributed by atoms with Gasteiger partial charge in [-0.05, 0) is 125 Å². The summed E-state index contributed by atoms with van der Waals surface area (Å²) in [6.07, 6.45) is 0. The molecule has 1 nitrogen and oxygen atoms in total. The molecule has 0 amide bonds. The second-order valence-corrected chi connectivity index (χ2v) is 14.2. The first-order valence-electron chi connectivity index (χ1n) is 18.9. The lowest BCUT2D eigenvalue weighted by Gasteiger charge is -2.26. The van der Waals surface area contributed by atoms with Crippen molar-refractivity contribution >= 4 is 49.4 Å². The van der Waals surface area contributed by atoms with Crippen molar-refractivity contribution in [1.82, 2.24) is 0 Å². The Hall–Kier alpha value is -7.22. The van der Waals surface area contributed by atoms with Crippen molar-refractivity contribution in [1.29, 1.82) is 0 Å². The Morgan fingerprint density at radius 1 is 0.218 bits per heavy atom. The highest BCUT2D eigenvalue weighted by molar-refractivity contribution is 6.08. The van der Waals surface area contributed by atoms with Crippen molar-refractivity contribution in [3.05, 3.63) is 224 Å². The number of hydrogen-bond acceptors (Lipinski definition) is 1. The van der Waals surface area contributed by atoms with Gasteiger partial charge in [0.25, 0.3) is 0 Å². The molecule has 0 fully saturated rings. The van der Waals surface area contributed by atoms with E-state index in [2.05, 4.69) is 229 Å². The van der Waals surface area contributed by atoms with Crippen LogP contribution in [0.2, 0.25) is 0 Å². The van der Waals surface area contributed by atoms with E-state index in [0.717, 1.165) is 17.1 Å². The maximum absolute atomic E-state index is 2.35. The van der Waals surface area contributed by atoms with E-state index < -0.39 is 0 Å². The molecule has 0 saturated carbocycles. The first-order chi connectivity index (χ1) is 27.2. The second-order valence-electron chi connectivity index (χ2n) is 14.2. The Balaban J connectivity index is 1.00. The maximum atomic E-state index is 2.35. The SMILES string of the molecule is c1ccc(-c2ccc(N(c3ccc(-c4cccc(-c5cccc6ccccc56)c4)cc3)c3ccc(-c4ccc5c(ccc6ccccc65)c4)cc3)cc2)cc1. The van der Waals surface area contributed by atoms with Crippen molar-refractivity contribution in [2.24, 2.45) is 0 Å². The van der Waals surface area contributed by atoms with Crippen LogP contribution in [-0.2, 0) is 0 Å². The molecule has 0 radical (unpaired) electrons. The molecule has 55 heavy (non-hydrogen) atoms. The average Bonchev–Trinajstić information content (AvgIpc) is 3.27. The second kappa shape index (κ2) is 14.0. The van der Waals surface area contributed by atoms with Crippen LogP contribution in [0.4, 0.5) is 17.1 Å². The summed E-state index contributed by atoms with van der Waals surface area (Å²) in [6, 6.07) is 81.4. The van der Waals surface area contributed by atoms with Crippen molar-refractivity contribution in [3.8, 4) is 44.5 Å². The van der Waals surface area contributed by atoms with E-state index in [-0.39, 0.29) is 0 Å². The Labute approximate surface area is 322 Å². The van der Waals surface area contributed by atoms with Crippen LogP contribution < -0.4 is 4.90 Å². The van der Waals surface area contributed by atoms with Gasteiger partial charge in [-0.2, -0.15) is 0 Å². The monoisotopic (exact) mass is 699 g/mol. The predicted molar refractivity (Wildman–Crippen MR) is 235 cm³/mol. The fourth-order valence-electron chi connectivity index (χ4n) is 8.02. The number of nitrogens with zero attached hydrogens (tertiary/aromatic N) is 1. The molecule has 0 N–H and O–H groups in total. The standard InChI is InChI=1S/C54H37N/c1-2-10-38(11-3-1)39-22-29-48(30-23-39)55(50-33-26-41(27-34-50)45-28-35-54-47(37-45)21-20-43-13-5-7-18-52(43)54)49-31-24-40(25-32-49)44-15-8-16-46(36-44)53-19-9-14-42-12-4-6-17-51(42)53/h1-37H. The molecule has 0 atom stereocenters. The molecule has 0 bridgehead atoms. The Morgan fingerprint density at radius 3 is 1.31 bits per heavy atom. The van der Waals surface area contributed by atoms with Gasteiger partial charge in [0.15, 0.2) is 0 Å². The first-order valence-corrected chi connectivity index (χ1v) is 18.9. The van der Waals surface area contributed by atoms with Crippen LogP contribution in [0.15, 0.2) is 224 Å². The molecule has 0 heterocycles. The zero-order chi connectivity index (χ0) is 36.6. The van der Waals surface area contributed by atoms with Crippen LogP contribution >= 0.6 is 0 Å². The summed E-state index contributed by atoms with van der Waals surface area (Å²) < 4.78 is 0. The zero-order valence-electron chi connectivity index (χ0n) is 30.3. The minimum absolute atomic E-state index is 1.10. The average molecular weight is 700 g/mol. The molecule has 0 aliphatic carbocycles. The Morgan fingerprint density at radius 2 is 0.636 bits per heavy atom. The van der Waals surface area contributed by atoms with Gasteiger partial charge in [0.1, 0.15) is 0 Å². The summed E-state index contributed by atoms with van der Waals surface area (Å²) in [4.78, 5) is 2.35. The number of anilines is 3. The fraction of sp³-hybridized carbons (Fsp3) is 0. The lowest BCUT2D eigenvalue weighted by Crippen LogP contribution is -2.09. The molecular weight excluding hydrogens is 663 g/mol. The summed E-state index contributed by atoms with van der Waals surface area (Å²) >= 11 is 0. The molecule has 10 rings (SSSR count). The molecule has 0 spiro atoms. The lowest BCUT2D eigenvalue weighted by molar-refractivity contribution is 1.28. The minimum atomic E-state index is 1.10. The summed E-state index contributed by atoms with van der Waals surface area (Å²) in [5, 5.41) is 7.62. The van der Waals surface area contributed by atoms with E-state index in [0.29, 0.717) is 0 Å².